The summed E-state index contributed by atoms with van der Waals surface area (Å²) in [6.07, 6.45) is -3.45. The summed E-state index contributed by atoms with van der Waals surface area (Å²) in [6, 6.07) is 8.46. The van der Waals surface area contributed by atoms with Gasteiger partial charge in [0.1, 0.15) is 17.3 Å². The zero-order chi connectivity index (χ0) is 26.9. The van der Waals surface area contributed by atoms with Crippen LogP contribution in [0, 0.1) is 12.7 Å². The third kappa shape index (κ3) is 5.94. The summed E-state index contributed by atoms with van der Waals surface area (Å²) in [5, 5.41) is 19.7. The minimum atomic E-state index is -4.96. The maximum atomic E-state index is 14.1. The van der Waals surface area contributed by atoms with Gasteiger partial charge in [0.05, 0.1) is 17.5 Å². The normalized spacial score (nSPS) is 11.4. The van der Waals surface area contributed by atoms with E-state index >= 15 is 0 Å². The topological polar surface area (TPSA) is 118 Å². The van der Waals surface area contributed by atoms with Crippen molar-refractivity contribution in [2.24, 2.45) is 0 Å². The summed E-state index contributed by atoms with van der Waals surface area (Å²) < 4.78 is 56.7. The van der Waals surface area contributed by atoms with Crippen molar-refractivity contribution in [2.75, 3.05) is 5.32 Å². The van der Waals surface area contributed by atoms with Gasteiger partial charge in [-0.1, -0.05) is 0 Å². The van der Waals surface area contributed by atoms with E-state index in [4.69, 9.17) is 0 Å². The molecule has 0 aliphatic rings. The number of benzene rings is 2. The fourth-order valence-electron chi connectivity index (χ4n) is 3.57. The largest absolute Gasteiger partial charge is 0.573 e. The number of phenols is 1. The van der Waals surface area contributed by atoms with Crippen molar-refractivity contribution in [2.45, 2.75) is 26.8 Å². The molecule has 3 N–H and O–H groups in total. The van der Waals surface area contributed by atoms with E-state index < -0.39 is 30.4 Å². The van der Waals surface area contributed by atoms with Crippen LogP contribution in [0.2, 0.25) is 0 Å². The van der Waals surface area contributed by atoms with Crippen molar-refractivity contribution in [3.8, 4) is 22.8 Å². The molecule has 2 heterocycles. The Balaban J connectivity index is 1.58. The number of phenolic OH excluding ortho intramolecular Hbond substituents is 1. The molecule has 0 fully saturated rings. The highest BCUT2D eigenvalue weighted by molar-refractivity contribution is 5.98. The number of amides is 2. The van der Waals surface area contributed by atoms with E-state index in [9.17, 15) is 32.3 Å². The molecule has 192 valence electrons. The van der Waals surface area contributed by atoms with Crippen molar-refractivity contribution in [3.63, 3.8) is 0 Å². The molecule has 0 bridgehead atoms. The fourth-order valence-corrected chi connectivity index (χ4v) is 3.57. The average Bonchev–Trinajstić information content (AvgIpc) is 3.19. The van der Waals surface area contributed by atoms with E-state index in [-0.39, 0.29) is 22.8 Å². The average molecular weight is 517 g/mol. The third-order valence-corrected chi connectivity index (χ3v) is 5.18. The van der Waals surface area contributed by atoms with E-state index in [1.54, 1.807) is 19.1 Å². The fraction of sp³-hybridized carbons (Fsp3) is 0.167. The van der Waals surface area contributed by atoms with E-state index in [1.165, 1.54) is 29.8 Å². The number of hydrogen-bond acceptors (Lipinski definition) is 6. The number of aryl methyl sites for hydroxylation is 1. The predicted octanol–water partition coefficient (Wildman–Crippen LogP) is 4.34. The minimum Gasteiger partial charge on any atom is -0.507 e. The van der Waals surface area contributed by atoms with Crippen molar-refractivity contribution in [3.05, 3.63) is 71.2 Å². The first-order chi connectivity index (χ1) is 17.4. The quantitative estimate of drug-likeness (QED) is 0.328. The molecule has 0 spiro atoms. The van der Waals surface area contributed by atoms with Crippen molar-refractivity contribution >= 4 is 23.3 Å². The number of aromatic hydroxyl groups is 1. The third-order valence-electron chi connectivity index (χ3n) is 5.18. The summed E-state index contributed by atoms with van der Waals surface area (Å²) in [7, 11) is 0. The molecule has 4 aromatic rings. The molecular formula is C24H19F4N5O4. The van der Waals surface area contributed by atoms with Crippen LogP contribution in [0.25, 0.3) is 16.9 Å². The summed E-state index contributed by atoms with van der Waals surface area (Å²) in [6.45, 7) is 2.57. The highest BCUT2D eigenvalue weighted by Gasteiger charge is 2.31. The molecule has 4 rings (SSSR count). The lowest BCUT2D eigenvalue weighted by atomic mass is 10.0. The Hall–Kier alpha value is -4.68. The SMILES string of the molecule is CC(=O)Nc1cn2nc(-c3cc(C(=O)NCc4cc(OC(F)(F)F)ccc4F)c(O)cc3C)ccc2n1. The van der Waals surface area contributed by atoms with Crippen molar-refractivity contribution in [1.29, 1.82) is 0 Å². The Bertz CT molecular complexity index is 1520. The van der Waals surface area contributed by atoms with Crippen LogP contribution >= 0.6 is 0 Å². The second-order valence-electron chi connectivity index (χ2n) is 8.00. The monoisotopic (exact) mass is 517 g/mol. The first kappa shape index (κ1) is 25.4. The van der Waals surface area contributed by atoms with Gasteiger partial charge in [0.15, 0.2) is 11.5 Å². The number of anilines is 1. The number of ether oxygens (including phenoxy) is 1. The number of nitrogens with one attached hydrogen (secondary N) is 2. The second kappa shape index (κ2) is 9.76. The Kier molecular flexibility index (Phi) is 6.70. The molecule has 2 aromatic heterocycles. The zero-order valence-electron chi connectivity index (χ0n) is 19.4. The Morgan fingerprint density at radius 1 is 1.14 bits per heavy atom. The van der Waals surface area contributed by atoms with Crippen LogP contribution in [0.5, 0.6) is 11.5 Å². The Morgan fingerprint density at radius 2 is 1.89 bits per heavy atom. The van der Waals surface area contributed by atoms with Gasteiger partial charge in [0.2, 0.25) is 5.91 Å². The van der Waals surface area contributed by atoms with Crippen LogP contribution in [-0.2, 0) is 11.3 Å². The van der Waals surface area contributed by atoms with Crippen LogP contribution in [-0.4, -0.2) is 37.9 Å². The van der Waals surface area contributed by atoms with Gasteiger partial charge in [-0.05, 0) is 55.0 Å². The number of fused-ring (bicyclic) bond motifs is 1. The standard InChI is InChI=1S/C24H19F4N5O4/c1-12-7-20(35)17(23(36)29-10-14-8-15(3-4-18(14)25)37-24(26,27)28)9-16(12)19-5-6-22-31-21(30-13(2)34)11-33(22)32-19/h3-9,11,35H,10H2,1-2H3,(H,29,36)(H,30,34). The Morgan fingerprint density at radius 3 is 2.59 bits per heavy atom. The molecule has 0 saturated heterocycles. The van der Waals surface area contributed by atoms with Gasteiger partial charge in [0.25, 0.3) is 5.91 Å². The Labute approximate surface area is 206 Å². The summed E-state index contributed by atoms with van der Waals surface area (Å²) >= 11 is 0. The number of carbonyl (C=O) groups excluding carboxylic acids is 2. The summed E-state index contributed by atoms with van der Waals surface area (Å²) in [5.41, 5.74) is 1.56. The molecular weight excluding hydrogens is 498 g/mol. The van der Waals surface area contributed by atoms with Gasteiger partial charge in [0, 0.05) is 24.6 Å². The number of alkyl halides is 3. The number of halogens is 4. The van der Waals surface area contributed by atoms with Crippen LogP contribution in [0.1, 0.15) is 28.4 Å². The van der Waals surface area contributed by atoms with Gasteiger partial charge in [-0.25, -0.2) is 13.9 Å². The highest BCUT2D eigenvalue weighted by Crippen LogP contribution is 2.30. The van der Waals surface area contributed by atoms with E-state index in [1.807, 2.05) is 0 Å². The molecule has 0 aliphatic heterocycles. The molecule has 13 heteroatoms. The molecule has 0 atom stereocenters. The second-order valence-corrected chi connectivity index (χ2v) is 8.00. The lowest BCUT2D eigenvalue weighted by molar-refractivity contribution is -0.274. The number of carbonyl (C=O) groups is 2. The van der Waals surface area contributed by atoms with Crippen molar-refractivity contribution in [1.82, 2.24) is 19.9 Å². The van der Waals surface area contributed by atoms with Gasteiger partial charge < -0.3 is 20.5 Å². The van der Waals surface area contributed by atoms with E-state index in [2.05, 4.69) is 25.5 Å². The molecule has 0 unspecified atom stereocenters. The number of imidazole rings is 1. The van der Waals surface area contributed by atoms with Crippen LogP contribution in [0.4, 0.5) is 23.4 Å². The summed E-state index contributed by atoms with van der Waals surface area (Å²) in [5.74, 6) is -2.63. The molecule has 9 nitrogen and oxygen atoms in total. The molecule has 0 radical (unpaired) electrons. The van der Waals surface area contributed by atoms with Gasteiger partial charge >= 0.3 is 6.36 Å². The van der Waals surface area contributed by atoms with Crippen LogP contribution in [0.3, 0.4) is 0 Å². The molecule has 2 aromatic carbocycles. The van der Waals surface area contributed by atoms with Gasteiger partial charge in [-0.2, -0.15) is 5.10 Å². The molecule has 0 saturated carbocycles. The lowest BCUT2D eigenvalue weighted by Crippen LogP contribution is -2.24. The summed E-state index contributed by atoms with van der Waals surface area (Å²) in [4.78, 5) is 28.3. The highest BCUT2D eigenvalue weighted by atomic mass is 19.4. The molecule has 2 amide bonds. The molecule has 0 aliphatic carbocycles. The maximum absolute atomic E-state index is 14.1. The molecule has 37 heavy (non-hydrogen) atoms. The van der Waals surface area contributed by atoms with E-state index in [0.717, 1.165) is 18.2 Å². The lowest BCUT2D eigenvalue weighted by Gasteiger charge is -2.13. The first-order valence-electron chi connectivity index (χ1n) is 10.7. The van der Waals surface area contributed by atoms with Crippen LogP contribution in [0.15, 0.2) is 48.7 Å². The number of nitrogens with zero attached hydrogens (tertiary/aromatic N) is 3. The number of aromatic nitrogens is 3. The first-order valence-corrected chi connectivity index (χ1v) is 10.7. The number of rotatable bonds is 6. The van der Waals surface area contributed by atoms with Crippen molar-refractivity contribution < 1.29 is 37.0 Å². The van der Waals surface area contributed by atoms with Crippen LogP contribution < -0.4 is 15.4 Å². The predicted molar refractivity (Wildman–Crippen MR) is 123 cm³/mol. The number of hydrogen-bond donors (Lipinski definition) is 3. The van der Waals surface area contributed by atoms with Gasteiger partial charge in [-0.3, -0.25) is 9.59 Å². The van der Waals surface area contributed by atoms with E-state index in [0.29, 0.717) is 28.3 Å². The zero-order valence-corrected chi connectivity index (χ0v) is 19.4. The van der Waals surface area contributed by atoms with Gasteiger partial charge in [-0.15, -0.1) is 13.2 Å². The smallest absolute Gasteiger partial charge is 0.507 e. The maximum Gasteiger partial charge on any atom is 0.573 e. The minimum absolute atomic E-state index is 0.157.